The molecule has 28 heavy (non-hydrogen) atoms. The monoisotopic (exact) mass is 383 g/mol. The van der Waals surface area contributed by atoms with Crippen molar-refractivity contribution in [2.75, 3.05) is 24.3 Å². The number of aromatic nitrogens is 4. The first-order valence-electron chi connectivity index (χ1n) is 8.97. The highest BCUT2D eigenvalue weighted by Crippen LogP contribution is 2.29. The summed E-state index contributed by atoms with van der Waals surface area (Å²) < 4.78 is 3.16. The molecule has 3 aromatic rings. The van der Waals surface area contributed by atoms with Gasteiger partial charge in [0.25, 0.3) is 0 Å². The zero-order valence-electron chi connectivity index (χ0n) is 16.7. The zero-order chi connectivity index (χ0) is 20.4. The number of hydrogen-bond donors (Lipinski definition) is 2. The van der Waals surface area contributed by atoms with Gasteiger partial charge >= 0.3 is 11.7 Å². The second-order valence-corrected chi connectivity index (χ2v) is 7.05. The molecule has 0 aliphatic heterocycles. The number of amides is 2. The number of aryl methyl sites for hydroxylation is 2. The Bertz CT molecular complexity index is 1050. The van der Waals surface area contributed by atoms with Crippen molar-refractivity contribution in [3.63, 3.8) is 0 Å². The van der Waals surface area contributed by atoms with Crippen molar-refractivity contribution in [1.82, 2.24) is 24.4 Å². The van der Waals surface area contributed by atoms with Gasteiger partial charge in [0.15, 0.2) is 0 Å². The Morgan fingerprint density at radius 1 is 1.18 bits per heavy atom. The summed E-state index contributed by atoms with van der Waals surface area (Å²) in [6.45, 7) is 1.91. The molecule has 0 unspecified atom stereocenters. The summed E-state index contributed by atoms with van der Waals surface area (Å²) in [4.78, 5) is 34.9. The smallest absolute Gasteiger partial charge is 0.328 e. The van der Waals surface area contributed by atoms with Gasteiger partial charge in [-0.2, -0.15) is 0 Å². The molecule has 0 aliphatic rings. The van der Waals surface area contributed by atoms with Crippen molar-refractivity contribution in [3.05, 3.63) is 46.9 Å². The number of anilines is 2. The number of nitrogens with one attached hydrogen (secondary N) is 2. The number of fused-ring (bicyclic) bond motifs is 1. The van der Waals surface area contributed by atoms with Crippen LogP contribution in [0.1, 0.15) is 12.6 Å². The minimum absolute atomic E-state index is 0.112. The maximum Gasteiger partial charge on any atom is 0.328 e. The van der Waals surface area contributed by atoms with Gasteiger partial charge in [0.05, 0.1) is 28.1 Å². The largest absolute Gasteiger partial charge is 0.376 e. The first kappa shape index (κ1) is 19.4. The van der Waals surface area contributed by atoms with Gasteiger partial charge in [-0.05, 0) is 19.1 Å². The van der Waals surface area contributed by atoms with E-state index in [1.165, 1.54) is 0 Å². The van der Waals surface area contributed by atoms with Crippen LogP contribution in [-0.2, 0) is 20.5 Å². The number of carbonyl (C=O) groups is 1. The number of imidazole rings is 1. The molecular weight excluding hydrogens is 358 g/mol. The van der Waals surface area contributed by atoms with Gasteiger partial charge in [0, 0.05) is 59.2 Å². The van der Waals surface area contributed by atoms with Crippen molar-refractivity contribution in [3.8, 4) is 0 Å². The topological polar surface area (TPSA) is 97.1 Å². The van der Waals surface area contributed by atoms with E-state index in [0.717, 1.165) is 22.4 Å². The molecule has 0 aliphatic carbocycles. The lowest BCUT2D eigenvalue weighted by molar-refractivity contribution is 0.249. The molecule has 9 nitrogen and oxygen atoms in total. The highest BCUT2D eigenvalue weighted by molar-refractivity contribution is 5.97. The fourth-order valence-corrected chi connectivity index (χ4v) is 3.19. The number of urea groups is 1. The summed E-state index contributed by atoms with van der Waals surface area (Å²) in [5.74, 6) is 0. The van der Waals surface area contributed by atoms with Crippen LogP contribution >= 0.6 is 0 Å². The summed E-state index contributed by atoms with van der Waals surface area (Å²) in [7, 11) is 7.23. The van der Waals surface area contributed by atoms with Gasteiger partial charge in [-0.25, -0.2) is 9.59 Å². The van der Waals surface area contributed by atoms with Gasteiger partial charge < -0.3 is 15.5 Å². The van der Waals surface area contributed by atoms with Crippen LogP contribution in [0.15, 0.2) is 35.5 Å². The average Bonchev–Trinajstić information content (AvgIpc) is 2.85. The first-order valence-corrected chi connectivity index (χ1v) is 8.97. The highest BCUT2D eigenvalue weighted by atomic mass is 16.2. The second-order valence-electron chi connectivity index (χ2n) is 7.05. The van der Waals surface area contributed by atoms with E-state index in [4.69, 9.17) is 0 Å². The fourth-order valence-electron chi connectivity index (χ4n) is 3.19. The summed E-state index contributed by atoms with van der Waals surface area (Å²) >= 11 is 0. The molecule has 0 spiro atoms. The van der Waals surface area contributed by atoms with Crippen LogP contribution in [0.25, 0.3) is 11.0 Å². The Morgan fingerprint density at radius 3 is 2.46 bits per heavy atom. The van der Waals surface area contributed by atoms with Crippen LogP contribution < -0.4 is 21.2 Å². The SMILES string of the molecule is C[C@H](Cc1cnccn1)NC(=O)Nc1cc2c(cc1N(C)C)n(C)c(=O)n2C. The number of nitrogens with zero attached hydrogens (tertiary/aromatic N) is 5. The van der Waals surface area contributed by atoms with Crippen molar-refractivity contribution >= 4 is 28.4 Å². The van der Waals surface area contributed by atoms with Crippen LogP contribution in [0.5, 0.6) is 0 Å². The minimum atomic E-state index is -0.320. The van der Waals surface area contributed by atoms with Gasteiger partial charge in [0.2, 0.25) is 0 Å². The molecular formula is C19H25N7O2. The molecule has 148 valence electrons. The summed E-state index contributed by atoms with van der Waals surface area (Å²) in [5.41, 5.74) is 3.69. The summed E-state index contributed by atoms with van der Waals surface area (Å²) in [6.07, 6.45) is 5.51. The summed E-state index contributed by atoms with van der Waals surface area (Å²) in [6, 6.07) is 3.28. The van der Waals surface area contributed by atoms with Crippen molar-refractivity contribution in [2.45, 2.75) is 19.4 Å². The molecule has 0 bridgehead atoms. The van der Waals surface area contributed by atoms with Crippen LogP contribution in [-0.4, -0.2) is 45.3 Å². The standard InChI is InChI=1S/C19H25N7O2/c1-12(8-13-11-20-6-7-21-13)22-18(27)23-14-9-16-17(10-15(14)24(2)3)26(5)19(28)25(16)4/h6-7,9-12H,8H2,1-5H3,(H2,22,23,27)/t12-/m1/s1. The molecule has 0 saturated heterocycles. The lowest BCUT2D eigenvalue weighted by Crippen LogP contribution is -2.37. The molecule has 2 heterocycles. The van der Waals surface area contributed by atoms with Crippen LogP contribution in [0.3, 0.4) is 0 Å². The van der Waals surface area contributed by atoms with Crippen molar-refractivity contribution in [2.24, 2.45) is 14.1 Å². The molecule has 2 amide bonds. The van der Waals surface area contributed by atoms with E-state index >= 15 is 0 Å². The van der Waals surface area contributed by atoms with E-state index < -0.39 is 0 Å². The third-order valence-electron chi connectivity index (χ3n) is 4.63. The highest BCUT2D eigenvalue weighted by Gasteiger charge is 2.16. The Labute approximate surface area is 163 Å². The van der Waals surface area contributed by atoms with Gasteiger partial charge in [-0.1, -0.05) is 0 Å². The number of benzene rings is 1. The maximum absolute atomic E-state index is 12.5. The number of rotatable bonds is 5. The summed E-state index contributed by atoms with van der Waals surface area (Å²) in [5, 5.41) is 5.82. The molecule has 2 aromatic heterocycles. The number of hydrogen-bond acceptors (Lipinski definition) is 5. The molecule has 2 N–H and O–H groups in total. The van der Waals surface area contributed by atoms with Crippen molar-refractivity contribution in [1.29, 1.82) is 0 Å². The van der Waals surface area contributed by atoms with Crippen LogP contribution in [0.2, 0.25) is 0 Å². The average molecular weight is 383 g/mol. The van der Waals surface area contributed by atoms with E-state index in [2.05, 4.69) is 20.6 Å². The minimum Gasteiger partial charge on any atom is -0.376 e. The lowest BCUT2D eigenvalue weighted by Gasteiger charge is -2.20. The van der Waals surface area contributed by atoms with E-state index in [-0.39, 0.29) is 17.8 Å². The molecule has 3 rings (SSSR count). The van der Waals surface area contributed by atoms with E-state index in [1.807, 2.05) is 38.1 Å². The molecule has 0 saturated carbocycles. The van der Waals surface area contributed by atoms with E-state index in [1.54, 1.807) is 41.8 Å². The zero-order valence-corrected chi connectivity index (χ0v) is 16.7. The predicted octanol–water partition coefficient (Wildman–Crippen LogP) is 1.49. The first-order chi connectivity index (χ1) is 13.3. The fraction of sp³-hybridized carbons (Fsp3) is 0.368. The van der Waals surface area contributed by atoms with Crippen molar-refractivity contribution < 1.29 is 4.79 Å². The Morgan fingerprint density at radius 2 is 1.86 bits per heavy atom. The van der Waals surface area contributed by atoms with Gasteiger partial charge in [-0.3, -0.25) is 19.1 Å². The Balaban J connectivity index is 1.82. The van der Waals surface area contributed by atoms with Crippen LogP contribution in [0.4, 0.5) is 16.2 Å². The third-order valence-corrected chi connectivity index (χ3v) is 4.63. The number of carbonyl (C=O) groups excluding carboxylic acids is 1. The Kier molecular flexibility index (Phi) is 5.34. The predicted molar refractivity (Wildman–Crippen MR) is 110 cm³/mol. The molecule has 1 aromatic carbocycles. The van der Waals surface area contributed by atoms with Crippen LogP contribution in [0, 0.1) is 0 Å². The second kappa shape index (κ2) is 7.71. The Hall–Kier alpha value is -3.36. The normalized spacial score (nSPS) is 12.0. The molecule has 0 fully saturated rings. The molecule has 1 atom stereocenters. The van der Waals surface area contributed by atoms with E-state index in [9.17, 15) is 9.59 Å². The third kappa shape index (κ3) is 3.83. The lowest BCUT2D eigenvalue weighted by atomic mass is 10.2. The molecule has 0 radical (unpaired) electrons. The maximum atomic E-state index is 12.5. The van der Waals surface area contributed by atoms with E-state index in [0.29, 0.717) is 12.1 Å². The van der Waals surface area contributed by atoms with Gasteiger partial charge in [0.1, 0.15) is 0 Å². The van der Waals surface area contributed by atoms with Gasteiger partial charge in [-0.15, -0.1) is 0 Å². The quantitative estimate of drug-likeness (QED) is 0.696. The molecule has 9 heteroatoms.